The van der Waals surface area contributed by atoms with Crippen molar-refractivity contribution in [2.24, 2.45) is 45.3 Å². The van der Waals surface area contributed by atoms with Gasteiger partial charge in [-0.05, 0) is 81.7 Å². The van der Waals surface area contributed by atoms with E-state index in [4.69, 9.17) is 0 Å². The van der Waals surface area contributed by atoms with Gasteiger partial charge in [0.25, 0.3) is 20.2 Å². The maximum absolute atomic E-state index is 13.7. The standard InChI is InChI=1S/C36H42O8S2/c1-21-17-35(19-45(39,40)41)31(37)27(29(21)33(35,3)4)15-23-7-11-25(12-8-23)26-13-9-24(10-14-26)16-28-30-22(2)18-36(32(28)38,34(30,5)6)20-46(42,43)44/h7-16,21-22,29-30H,17-20H2,1-6H3,(H,39,40,41)(H,42,43,44)/t21?,22?,29-,30-,35-,36-/m1/s1. The van der Waals surface area contributed by atoms with Crippen LogP contribution >= 0.6 is 0 Å². The first-order valence-electron chi connectivity index (χ1n) is 15.8. The molecule has 0 aliphatic heterocycles. The third-order valence-electron chi connectivity index (χ3n) is 12.2. The maximum atomic E-state index is 13.7. The highest BCUT2D eigenvalue weighted by Gasteiger charge is 2.71. The second-order valence-electron chi connectivity index (χ2n) is 15.5. The van der Waals surface area contributed by atoms with Crippen LogP contribution in [0.2, 0.25) is 0 Å². The molecule has 246 valence electrons. The Bertz CT molecular complexity index is 1780. The normalized spacial score (nSPS) is 34.7. The number of hydrogen-bond acceptors (Lipinski definition) is 6. The van der Waals surface area contributed by atoms with Crippen molar-refractivity contribution in [1.82, 2.24) is 0 Å². The molecule has 0 heterocycles. The van der Waals surface area contributed by atoms with Crippen LogP contribution in [0.1, 0.15) is 65.5 Å². The Kier molecular flexibility index (Phi) is 7.38. The summed E-state index contributed by atoms with van der Waals surface area (Å²) in [7, 11) is -8.69. The summed E-state index contributed by atoms with van der Waals surface area (Å²) in [6, 6.07) is 15.6. The number of ketones is 2. The molecule has 2 aromatic rings. The van der Waals surface area contributed by atoms with Crippen molar-refractivity contribution in [3.8, 4) is 11.1 Å². The summed E-state index contributed by atoms with van der Waals surface area (Å²) in [4.78, 5) is 27.3. The highest BCUT2D eigenvalue weighted by molar-refractivity contribution is 7.86. The van der Waals surface area contributed by atoms with Gasteiger partial charge in [-0.15, -0.1) is 0 Å². The molecule has 2 N–H and O–H groups in total. The fraction of sp³-hybridized carbons (Fsp3) is 0.500. The zero-order valence-electron chi connectivity index (χ0n) is 27.1. The van der Waals surface area contributed by atoms with Crippen LogP contribution in [0.15, 0.2) is 59.7 Å². The van der Waals surface area contributed by atoms with Crippen LogP contribution in [0.4, 0.5) is 0 Å². The molecule has 46 heavy (non-hydrogen) atoms. The Balaban J connectivity index is 1.25. The summed E-state index contributed by atoms with van der Waals surface area (Å²) < 4.78 is 67.1. The smallest absolute Gasteiger partial charge is 0.265 e. The van der Waals surface area contributed by atoms with Gasteiger partial charge in [0.2, 0.25) is 0 Å². The van der Waals surface area contributed by atoms with Crippen LogP contribution in [0, 0.1) is 45.3 Å². The van der Waals surface area contributed by atoms with Gasteiger partial charge in [0, 0.05) is 11.1 Å². The number of fused-ring (bicyclic) bond motifs is 4. The number of carbonyl (C=O) groups excluding carboxylic acids is 2. The summed E-state index contributed by atoms with van der Waals surface area (Å²) in [6.07, 6.45) is 4.59. The molecule has 10 heteroatoms. The molecule has 0 saturated heterocycles. The molecule has 0 aromatic heterocycles. The van der Waals surface area contributed by atoms with Gasteiger partial charge in [0.1, 0.15) is 0 Å². The van der Waals surface area contributed by atoms with E-state index in [1.807, 2.05) is 102 Å². The molecule has 2 aromatic carbocycles. The Hall–Kier alpha value is -2.92. The number of Topliss-reactive ketones (excluding diaryl/α,β-unsaturated/α-hetero) is 2. The fourth-order valence-corrected chi connectivity index (χ4v) is 12.8. The first-order chi connectivity index (χ1) is 21.1. The van der Waals surface area contributed by atoms with Crippen LogP contribution in [0.5, 0.6) is 0 Å². The predicted octanol–water partition coefficient (Wildman–Crippen LogP) is 6.40. The number of benzene rings is 2. The van der Waals surface area contributed by atoms with Gasteiger partial charge in [-0.2, -0.15) is 16.8 Å². The molecular formula is C36H42O8S2. The predicted molar refractivity (Wildman–Crippen MR) is 178 cm³/mol. The van der Waals surface area contributed by atoms with Crippen LogP contribution in [0.25, 0.3) is 23.3 Å². The number of hydrogen-bond donors (Lipinski definition) is 2. The molecule has 4 saturated carbocycles. The summed E-state index contributed by atoms with van der Waals surface area (Å²) in [6.45, 7) is 11.8. The third kappa shape index (κ3) is 4.81. The molecule has 0 amide bonds. The summed E-state index contributed by atoms with van der Waals surface area (Å²) in [5.41, 5.74) is 1.32. The maximum Gasteiger partial charge on any atom is 0.265 e. The average Bonchev–Trinajstić information content (AvgIpc) is 3.36. The zero-order chi connectivity index (χ0) is 33.8. The van der Waals surface area contributed by atoms with Gasteiger partial charge < -0.3 is 0 Å². The minimum Gasteiger partial charge on any atom is -0.294 e. The van der Waals surface area contributed by atoms with Crippen molar-refractivity contribution in [1.29, 1.82) is 0 Å². The molecule has 8 nitrogen and oxygen atoms in total. The minimum absolute atomic E-state index is 0.102. The van der Waals surface area contributed by atoms with Gasteiger partial charge in [0.05, 0.1) is 22.3 Å². The molecule has 4 fully saturated rings. The summed E-state index contributed by atoms with van der Waals surface area (Å²) in [5.74, 6) is -1.52. The summed E-state index contributed by atoms with van der Waals surface area (Å²) >= 11 is 0. The quantitative estimate of drug-likeness (QED) is 0.255. The number of allylic oxidation sites excluding steroid dienone is 2. The van der Waals surface area contributed by atoms with E-state index in [0.29, 0.717) is 24.0 Å². The van der Waals surface area contributed by atoms with E-state index < -0.39 is 53.4 Å². The lowest BCUT2D eigenvalue weighted by Crippen LogP contribution is -2.42. The van der Waals surface area contributed by atoms with Crippen molar-refractivity contribution >= 4 is 44.0 Å². The van der Waals surface area contributed by atoms with E-state index in [9.17, 15) is 35.5 Å². The average molecular weight is 667 g/mol. The van der Waals surface area contributed by atoms with Crippen molar-refractivity contribution < 1.29 is 35.5 Å². The first kappa shape index (κ1) is 33.0. The van der Waals surface area contributed by atoms with E-state index in [-0.39, 0.29) is 35.2 Å². The Morgan fingerprint density at radius 2 is 0.935 bits per heavy atom. The van der Waals surface area contributed by atoms with Crippen molar-refractivity contribution in [2.75, 3.05) is 11.5 Å². The zero-order valence-corrected chi connectivity index (χ0v) is 28.7. The van der Waals surface area contributed by atoms with E-state index in [0.717, 1.165) is 22.3 Å². The number of rotatable bonds is 7. The van der Waals surface area contributed by atoms with Gasteiger partial charge in [-0.1, -0.05) is 90.1 Å². The largest absolute Gasteiger partial charge is 0.294 e. The van der Waals surface area contributed by atoms with Crippen molar-refractivity contribution in [2.45, 2.75) is 54.4 Å². The Labute approximate surface area is 271 Å². The topological polar surface area (TPSA) is 143 Å². The summed E-state index contributed by atoms with van der Waals surface area (Å²) in [5, 5.41) is 0. The highest BCUT2D eigenvalue weighted by Crippen LogP contribution is 2.69. The lowest BCUT2D eigenvalue weighted by atomic mass is 9.70. The second-order valence-corrected chi connectivity index (χ2v) is 18.4. The fourth-order valence-electron chi connectivity index (χ4n) is 10.3. The third-order valence-corrected chi connectivity index (χ3v) is 13.9. The monoisotopic (exact) mass is 666 g/mol. The first-order valence-corrected chi connectivity index (χ1v) is 19.0. The van der Waals surface area contributed by atoms with Gasteiger partial charge in [-0.25, -0.2) is 0 Å². The number of carbonyl (C=O) groups is 2. The molecule has 2 unspecified atom stereocenters. The SMILES string of the molecule is CC1C[C@@]2(CS(=O)(=O)O)C(=O)C(=Cc3ccc(-c4ccc(C=C5C(=O)[C@]6(CS(=O)(=O)O)CC(C)[C@H]5C6(C)C)cc4)cc3)[C@@H]1C2(C)C. The van der Waals surface area contributed by atoms with Crippen molar-refractivity contribution in [3.05, 3.63) is 70.8 Å². The van der Waals surface area contributed by atoms with Gasteiger partial charge >= 0.3 is 0 Å². The van der Waals surface area contributed by atoms with Crippen LogP contribution in [-0.4, -0.2) is 49.0 Å². The van der Waals surface area contributed by atoms with Gasteiger partial charge in [-0.3, -0.25) is 18.7 Å². The minimum atomic E-state index is -4.34. The van der Waals surface area contributed by atoms with Crippen LogP contribution in [-0.2, 0) is 29.8 Å². The molecule has 0 spiro atoms. The van der Waals surface area contributed by atoms with Crippen LogP contribution < -0.4 is 0 Å². The van der Waals surface area contributed by atoms with Gasteiger partial charge in [0.15, 0.2) is 11.6 Å². The molecule has 6 atom stereocenters. The van der Waals surface area contributed by atoms with E-state index in [2.05, 4.69) is 0 Å². The molecule has 6 rings (SSSR count). The molecular weight excluding hydrogens is 625 g/mol. The highest BCUT2D eigenvalue weighted by atomic mass is 32.2. The lowest BCUT2D eigenvalue weighted by molar-refractivity contribution is -0.126. The molecule has 4 aliphatic carbocycles. The lowest BCUT2D eigenvalue weighted by Gasteiger charge is -2.34. The molecule has 0 radical (unpaired) electrons. The Morgan fingerprint density at radius 3 is 1.22 bits per heavy atom. The van der Waals surface area contributed by atoms with Crippen molar-refractivity contribution in [3.63, 3.8) is 0 Å². The second kappa shape index (κ2) is 10.3. The Morgan fingerprint density at radius 1 is 0.630 bits per heavy atom. The van der Waals surface area contributed by atoms with E-state index >= 15 is 0 Å². The van der Waals surface area contributed by atoms with E-state index in [1.165, 1.54) is 0 Å². The molecule has 4 bridgehead atoms. The molecule has 4 aliphatic rings. The van der Waals surface area contributed by atoms with Crippen LogP contribution in [0.3, 0.4) is 0 Å². The van der Waals surface area contributed by atoms with E-state index in [1.54, 1.807) is 0 Å².